The second-order valence-electron chi connectivity index (χ2n) is 2.53. The van der Waals surface area contributed by atoms with Crippen LogP contribution in [0.1, 0.15) is 20.4 Å². The molecule has 0 saturated carbocycles. The lowest BCUT2D eigenvalue weighted by Crippen LogP contribution is -2.28. The topological polar surface area (TPSA) is 42.0 Å². The minimum absolute atomic E-state index is 0.121. The second kappa shape index (κ2) is 2.39. The molecule has 1 aromatic rings. The molecule has 11 heavy (non-hydrogen) atoms. The SMILES string of the molecule is Cc1nc2c(s1)CNCC2=O. The number of thiazole rings is 1. The summed E-state index contributed by atoms with van der Waals surface area (Å²) in [5.74, 6) is 0.121. The maximum atomic E-state index is 11.2. The Morgan fingerprint density at radius 2 is 2.36 bits per heavy atom. The molecule has 1 N–H and O–H groups in total. The van der Waals surface area contributed by atoms with Crippen LogP contribution >= 0.6 is 11.3 Å². The van der Waals surface area contributed by atoms with E-state index in [0.717, 1.165) is 16.4 Å². The first-order valence-corrected chi connectivity index (χ1v) is 4.29. The maximum Gasteiger partial charge on any atom is 0.196 e. The standard InChI is InChI=1S/C7H8N2OS/c1-4-9-7-5(10)2-8-3-6(7)11-4/h8H,2-3H2,1H3. The number of ketones is 1. The third-order valence-corrected chi connectivity index (χ3v) is 2.61. The summed E-state index contributed by atoms with van der Waals surface area (Å²) in [7, 11) is 0. The zero-order chi connectivity index (χ0) is 7.84. The Hall–Kier alpha value is -0.740. The number of rotatable bonds is 0. The van der Waals surface area contributed by atoms with Crippen molar-refractivity contribution in [3.63, 3.8) is 0 Å². The van der Waals surface area contributed by atoms with Crippen LogP contribution in [0.25, 0.3) is 0 Å². The molecule has 1 aromatic heterocycles. The smallest absolute Gasteiger partial charge is 0.196 e. The van der Waals surface area contributed by atoms with Crippen LogP contribution in [0.3, 0.4) is 0 Å². The molecule has 2 rings (SSSR count). The number of nitrogens with one attached hydrogen (secondary N) is 1. The van der Waals surface area contributed by atoms with E-state index in [1.807, 2.05) is 6.92 Å². The van der Waals surface area contributed by atoms with Crippen LogP contribution in [0, 0.1) is 6.92 Å². The number of carbonyl (C=O) groups excluding carboxylic acids is 1. The number of nitrogens with zero attached hydrogens (tertiary/aromatic N) is 1. The van der Waals surface area contributed by atoms with E-state index in [4.69, 9.17) is 0 Å². The molecule has 1 aliphatic rings. The number of aryl methyl sites for hydroxylation is 1. The van der Waals surface area contributed by atoms with Crippen LogP contribution in [0.2, 0.25) is 0 Å². The van der Waals surface area contributed by atoms with Gasteiger partial charge < -0.3 is 5.32 Å². The van der Waals surface area contributed by atoms with Crippen LogP contribution < -0.4 is 5.32 Å². The summed E-state index contributed by atoms with van der Waals surface area (Å²) in [6, 6.07) is 0. The number of aromatic nitrogens is 1. The first-order valence-electron chi connectivity index (χ1n) is 3.47. The predicted molar refractivity (Wildman–Crippen MR) is 42.9 cm³/mol. The fourth-order valence-corrected chi connectivity index (χ4v) is 2.10. The fourth-order valence-electron chi connectivity index (χ4n) is 1.18. The van der Waals surface area contributed by atoms with Crippen LogP contribution in [-0.2, 0) is 6.54 Å². The summed E-state index contributed by atoms with van der Waals surface area (Å²) in [6.07, 6.45) is 0. The molecule has 1 aliphatic heterocycles. The van der Waals surface area contributed by atoms with Gasteiger partial charge in [0.2, 0.25) is 0 Å². The minimum atomic E-state index is 0.121. The lowest BCUT2D eigenvalue weighted by Gasteiger charge is -2.08. The Bertz CT molecular complexity index is 305. The van der Waals surface area contributed by atoms with Gasteiger partial charge in [-0.2, -0.15) is 0 Å². The van der Waals surface area contributed by atoms with Crippen molar-refractivity contribution in [2.24, 2.45) is 0 Å². The molecule has 2 heterocycles. The van der Waals surface area contributed by atoms with Crippen LogP contribution in [0.5, 0.6) is 0 Å². The molecule has 0 spiro atoms. The van der Waals surface area contributed by atoms with E-state index in [1.165, 1.54) is 0 Å². The number of Topliss-reactive ketones (excluding diaryl/α,β-unsaturated/α-hetero) is 1. The van der Waals surface area contributed by atoms with Crippen molar-refractivity contribution in [3.8, 4) is 0 Å². The Kier molecular flexibility index (Phi) is 1.51. The quantitative estimate of drug-likeness (QED) is 0.621. The van der Waals surface area contributed by atoms with Crippen LogP contribution in [0.15, 0.2) is 0 Å². The summed E-state index contributed by atoms with van der Waals surface area (Å²) < 4.78 is 0. The Morgan fingerprint density at radius 3 is 3.09 bits per heavy atom. The maximum absolute atomic E-state index is 11.2. The molecule has 0 aromatic carbocycles. The third-order valence-electron chi connectivity index (χ3n) is 1.64. The lowest BCUT2D eigenvalue weighted by atomic mass is 10.2. The van der Waals surface area contributed by atoms with Gasteiger partial charge in [0, 0.05) is 11.4 Å². The highest BCUT2D eigenvalue weighted by Gasteiger charge is 2.20. The first kappa shape index (κ1) is 6.94. The zero-order valence-electron chi connectivity index (χ0n) is 6.18. The predicted octanol–water partition coefficient (Wildman–Crippen LogP) is 0.737. The summed E-state index contributed by atoms with van der Waals surface area (Å²) in [4.78, 5) is 16.4. The van der Waals surface area contributed by atoms with Gasteiger partial charge in [-0.05, 0) is 6.92 Å². The van der Waals surface area contributed by atoms with E-state index < -0.39 is 0 Å². The number of fused-ring (bicyclic) bond motifs is 1. The van der Waals surface area contributed by atoms with E-state index in [-0.39, 0.29) is 5.78 Å². The molecule has 0 aliphatic carbocycles. The molecule has 0 fully saturated rings. The van der Waals surface area contributed by atoms with Crippen molar-refractivity contribution in [3.05, 3.63) is 15.6 Å². The van der Waals surface area contributed by atoms with Crippen molar-refractivity contribution >= 4 is 17.1 Å². The van der Waals surface area contributed by atoms with Crippen molar-refractivity contribution in [2.75, 3.05) is 6.54 Å². The summed E-state index contributed by atoms with van der Waals surface area (Å²) in [5, 5.41) is 4.00. The van der Waals surface area contributed by atoms with Gasteiger partial charge in [-0.1, -0.05) is 0 Å². The first-order chi connectivity index (χ1) is 5.27. The van der Waals surface area contributed by atoms with Crippen molar-refractivity contribution in [2.45, 2.75) is 13.5 Å². The normalized spacial score (nSPS) is 16.6. The average molecular weight is 168 g/mol. The molecule has 0 radical (unpaired) electrons. The minimum Gasteiger partial charge on any atom is -0.305 e. The molecule has 0 unspecified atom stereocenters. The summed E-state index contributed by atoms with van der Waals surface area (Å²) >= 11 is 1.60. The van der Waals surface area contributed by atoms with Gasteiger partial charge in [0.1, 0.15) is 5.69 Å². The number of hydrogen-bond donors (Lipinski definition) is 1. The van der Waals surface area contributed by atoms with Gasteiger partial charge in [0.05, 0.1) is 11.6 Å². The third kappa shape index (κ3) is 1.08. The Labute approximate surface area is 68.5 Å². The van der Waals surface area contributed by atoms with Gasteiger partial charge in [-0.15, -0.1) is 11.3 Å². The number of hydrogen-bond acceptors (Lipinski definition) is 4. The number of carbonyl (C=O) groups is 1. The molecule has 0 atom stereocenters. The lowest BCUT2D eigenvalue weighted by molar-refractivity contribution is 0.0978. The zero-order valence-corrected chi connectivity index (χ0v) is 6.99. The molecule has 0 amide bonds. The molecule has 58 valence electrons. The van der Waals surface area contributed by atoms with E-state index in [1.54, 1.807) is 11.3 Å². The van der Waals surface area contributed by atoms with Gasteiger partial charge in [-0.25, -0.2) is 4.98 Å². The average Bonchev–Trinajstić information content (AvgIpc) is 2.31. The van der Waals surface area contributed by atoms with Crippen LogP contribution in [-0.4, -0.2) is 17.3 Å². The van der Waals surface area contributed by atoms with Crippen molar-refractivity contribution in [1.82, 2.24) is 10.3 Å². The molecular formula is C7H8N2OS. The Balaban J connectivity index is 2.52. The Morgan fingerprint density at radius 1 is 1.55 bits per heavy atom. The van der Waals surface area contributed by atoms with Crippen molar-refractivity contribution in [1.29, 1.82) is 0 Å². The fraction of sp³-hybridized carbons (Fsp3) is 0.429. The summed E-state index contributed by atoms with van der Waals surface area (Å²) in [5.41, 5.74) is 0.686. The molecular weight excluding hydrogens is 160 g/mol. The summed E-state index contributed by atoms with van der Waals surface area (Å²) in [6.45, 7) is 3.17. The molecule has 4 heteroatoms. The van der Waals surface area contributed by atoms with E-state index in [9.17, 15) is 4.79 Å². The molecule has 0 bridgehead atoms. The highest BCUT2D eigenvalue weighted by Crippen LogP contribution is 2.20. The molecule has 0 saturated heterocycles. The largest absolute Gasteiger partial charge is 0.305 e. The van der Waals surface area contributed by atoms with E-state index >= 15 is 0 Å². The van der Waals surface area contributed by atoms with Gasteiger partial charge in [0.15, 0.2) is 5.78 Å². The monoisotopic (exact) mass is 168 g/mol. The highest BCUT2D eigenvalue weighted by atomic mass is 32.1. The molecule has 3 nitrogen and oxygen atoms in total. The van der Waals surface area contributed by atoms with Crippen LogP contribution in [0.4, 0.5) is 0 Å². The van der Waals surface area contributed by atoms with Crippen molar-refractivity contribution < 1.29 is 4.79 Å². The second-order valence-corrected chi connectivity index (χ2v) is 3.82. The highest BCUT2D eigenvalue weighted by molar-refractivity contribution is 7.11. The van der Waals surface area contributed by atoms with E-state index in [2.05, 4.69) is 10.3 Å². The van der Waals surface area contributed by atoms with Gasteiger partial charge in [0.25, 0.3) is 0 Å². The van der Waals surface area contributed by atoms with Gasteiger partial charge in [-0.3, -0.25) is 4.79 Å². The van der Waals surface area contributed by atoms with Gasteiger partial charge >= 0.3 is 0 Å². The van der Waals surface area contributed by atoms with E-state index in [0.29, 0.717) is 12.2 Å².